The lowest BCUT2D eigenvalue weighted by Crippen LogP contribution is -2.48. The van der Waals surface area contributed by atoms with Crippen molar-refractivity contribution in [1.82, 2.24) is 0 Å². The van der Waals surface area contributed by atoms with E-state index in [-0.39, 0.29) is 12.8 Å². The van der Waals surface area contributed by atoms with Crippen LogP contribution in [-0.4, -0.2) is 45.3 Å². The Hall–Kier alpha value is -1.12. The van der Waals surface area contributed by atoms with Crippen molar-refractivity contribution in [3.05, 3.63) is 0 Å². The summed E-state index contributed by atoms with van der Waals surface area (Å²) in [5.74, 6) is -3.11. The lowest BCUT2D eigenvalue weighted by molar-refractivity contribution is -0.140. The Morgan fingerprint density at radius 1 is 1.19 bits per heavy atom. The molecule has 6 N–H and O–H groups in total. The zero-order valence-corrected chi connectivity index (χ0v) is 9.26. The van der Waals surface area contributed by atoms with Gasteiger partial charge in [-0.25, -0.2) is 0 Å². The summed E-state index contributed by atoms with van der Waals surface area (Å²) in [6, 6.07) is -2.52. The Morgan fingerprint density at radius 3 is 2.06 bits per heavy atom. The van der Waals surface area contributed by atoms with Crippen LogP contribution in [0.5, 0.6) is 0 Å². The number of carboxylic acid groups (broad SMARTS) is 2. The number of hydrogen-bond donors (Lipinski definition) is 5. The van der Waals surface area contributed by atoms with E-state index in [1.807, 2.05) is 0 Å². The topological polar surface area (TPSA) is 144 Å². The van der Waals surface area contributed by atoms with Gasteiger partial charge in [0.1, 0.15) is 6.04 Å². The number of rotatable bonds is 7. The van der Waals surface area contributed by atoms with Crippen LogP contribution in [0, 0.1) is 0 Å². The van der Waals surface area contributed by atoms with Crippen LogP contribution in [-0.2, 0) is 14.4 Å². The second kappa shape index (κ2) is 6.46. The van der Waals surface area contributed by atoms with Crippen LogP contribution >= 0.6 is 12.6 Å². The summed E-state index contributed by atoms with van der Waals surface area (Å²) in [4.78, 5) is 32.2. The van der Waals surface area contributed by atoms with Gasteiger partial charge in [-0.15, -0.1) is 0 Å². The molecule has 3 atom stereocenters. The molecule has 7 nitrogen and oxygen atoms in total. The number of hydrogen-bond acceptors (Lipinski definition) is 6. The minimum absolute atomic E-state index is 0.0719. The first-order valence-corrected chi connectivity index (χ1v) is 4.96. The minimum atomic E-state index is -1.45. The van der Waals surface area contributed by atoms with E-state index in [2.05, 4.69) is 12.6 Å². The van der Waals surface area contributed by atoms with E-state index < -0.39 is 35.1 Å². The third-order valence-corrected chi connectivity index (χ3v) is 2.53. The van der Waals surface area contributed by atoms with Gasteiger partial charge in [-0.1, -0.05) is 0 Å². The molecule has 0 fully saturated rings. The Morgan fingerprint density at radius 2 is 1.69 bits per heavy atom. The number of thiol groups is 1. The highest BCUT2D eigenvalue weighted by atomic mass is 32.1. The summed E-state index contributed by atoms with van der Waals surface area (Å²) in [6.07, 6.45) is -0.340. The Balaban J connectivity index is 4.32. The molecule has 0 saturated heterocycles. The Labute approximate surface area is 97.2 Å². The van der Waals surface area contributed by atoms with E-state index in [1.165, 1.54) is 0 Å². The molecule has 0 aromatic carbocycles. The molecule has 0 aromatic rings. The van der Waals surface area contributed by atoms with Gasteiger partial charge in [0.25, 0.3) is 0 Å². The van der Waals surface area contributed by atoms with E-state index >= 15 is 0 Å². The van der Waals surface area contributed by atoms with Crippen molar-refractivity contribution in [2.45, 2.75) is 30.2 Å². The number of ketones is 1. The van der Waals surface area contributed by atoms with Crippen LogP contribution in [0.2, 0.25) is 0 Å². The summed E-state index contributed by atoms with van der Waals surface area (Å²) in [7, 11) is 0. The second-order valence-electron chi connectivity index (χ2n) is 3.25. The van der Waals surface area contributed by atoms with Crippen molar-refractivity contribution in [3.8, 4) is 0 Å². The summed E-state index contributed by atoms with van der Waals surface area (Å²) in [5, 5.41) is 15.7. The molecule has 0 bridgehead atoms. The number of carbonyl (C=O) groups is 3. The van der Waals surface area contributed by atoms with Crippen LogP contribution in [0.15, 0.2) is 0 Å². The highest BCUT2D eigenvalue weighted by Gasteiger charge is 2.30. The smallest absolute Gasteiger partial charge is 0.322 e. The molecule has 0 aliphatic carbocycles. The number of carbonyl (C=O) groups excluding carboxylic acids is 1. The Bertz CT molecular complexity index is 296. The average Bonchev–Trinajstić information content (AvgIpc) is 2.22. The standard InChI is InChI=1S/C8H14N2O5S/c9-3(1-2-4(11)12)6(13)7(16)5(10)8(14)15/h3,5,7,16H,1-2,9-10H2,(H,11,12)(H,14,15)/t3-,5-,7?/m0/s1. The highest BCUT2D eigenvalue weighted by Crippen LogP contribution is 2.07. The molecule has 1 unspecified atom stereocenters. The first-order valence-electron chi connectivity index (χ1n) is 4.45. The summed E-state index contributed by atoms with van der Waals surface area (Å²) in [6.45, 7) is 0. The van der Waals surface area contributed by atoms with Crippen molar-refractivity contribution in [2.75, 3.05) is 0 Å². The number of Topliss-reactive ketones (excluding diaryl/α,β-unsaturated/α-hetero) is 1. The van der Waals surface area contributed by atoms with Gasteiger partial charge in [0.15, 0.2) is 5.78 Å². The predicted molar refractivity (Wildman–Crippen MR) is 58.2 cm³/mol. The summed E-state index contributed by atoms with van der Waals surface area (Å²) >= 11 is 3.76. The van der Waals surface area contributed by atoms with Crippen molar-refractivity contribution < 1.29 is 24.6 Å². The molecule has 0 rings (SSSR count). The van der Waals surface area contributed by atoms with Gasteiger partial charge in [-0.05, 0) is 6.42 Å². The number of nitrogens with two attached hydrogens (primary N) is 2. The van der Waals surface area contributed by atoms with Crippen molar-refractivity contribution in [2.24, 2.45) is 11.5 Å². The molecule has 0 aliphatic rings. The first-order chi connectivity index (χ1) is 7.27. The molecular weight excluding hydrogens is 236 g/mol. The number of aliphatic carboxylic acids is 2. The van der Waals surface area contributed by atoms with Gasteiger partial charge in [-0.2, -0.15) is 12.6 Å². The van der Waals surface area contributed by atoms with E-state index in [0.717, 1.165) is 0 Å². The van der Waals surface area contributed by atoms with Gasteiger partial charge in [0.05, 0.1) is 11.3 Å². The van der Waals surface area contributed by atoms with Gasteiger partial charge in [0.2, 0.25) is 0 Å². The molecule has 0 heterocycles. The molecule has 0 saturated carbocycles. The molecular formula is C8H14N2O5S. The van der Waals surface area contributed by atoms with Crippen molar-refractivity contribution in [3.63, 3.8) is 0 Å². The van der Waals surface area contributed by atoms with Crippen molar-refractivity contribution >= 4 is 30.4 Å². The van der Waals surface area contributed by atoms with Gasteiger partial charge in [0, 0.05) is 6.42 Å². The summed E-state index contributed by atoms with van der Waals surface area (Å²) in [5.41, 5.74) is 10.6. The lowest BCUT2D eigenvalue weighted by Gasteiger charge is -2.17. The molecule has 0 spiro atoms. The van der Waals surface area contributed by atoms with E-state index in [4.69, 9.17) is 21.7 Å². The third-order valence-electron chi connectivity index (χ3n) is 1.95. The highest BCUT2D eigenvalue weighted by molar-refractivity contribution is 7.82. The zero-order chi connectivity index (χ0) is 12.9. The fraction of sp³-hybridized carbons (Fsp3) is 0.625. The van der Waals surface area contributed by atoms with Crippen LogP contribution in [0.25, 0.3) is 0 Å². The van der Waals surface area contributed by atoms with Crippen LogP contribution in [0.3, 0.4) is 0 Å². The lowest BCUT2D eigenvalue weighted by atomic mass is 10.0. The third kappa shape index (κ3) is 4.60. The molecule has 16 heavy (non-hydrogen) atoms. The fourth-order valence-corrected chi connectivity index (χ4v) is 1.27. The zero-order valence-electron chi connectivity index (χ0n) is 8.37. The van der Waals surface area contributed by atoms with E-state index in [1.54, 1.807) is 0 Å². The maximum absolute atomic E-state index is 11.5. The molecule has 0 amide bonds. The average molecular weight is 250 g/mol. The predicted octanol–water partition coefficient (Wildman–Crippen LogP) is -1.54. The number of carboxylic acids is 2. The van der Waals surface area contributed by atoms with Gasteiger partial charge < -0.3 is 21.7 Å². The first kappa shape index (κ1) is 14.9. The fourth-order valence-electron chi connectivity index (χ4n) is 0.953. The molecule has 8 heteroatoms. The van der Waals surface area contributed by atoms with Crippen LogP contribution < -0.4 is 11.5 Å². The normalized spacial score (nSPS) is 16.2. The van der Waals surface area contributed by atoms with Crippen LogP contribution in [0.4, 0.5) is 0 Å². The second-order valence-corrected chi connectivity index (χ2v) is 3.81. The van der Waals surface area contributed by atoms with Gasteiger partial charge in [-0.3, -0.25) is 14.4 Å². The summed E-state index contributed by atoms with van der Waals surface area (Å²) < 4.78 is 0. The van der Waals surface area contributed by atoms with Gasteiger partial charge >= 0.3 is 11.9 Å². The maximum Gasteiger partial charge on any atom is 0.322 e. The largest absolute Gasteiger partial charge is 0.481 e. The van der Waals surface area contributed by atoms with E-state index in [9.17, 15) is 14.4 Å². The van der Waals surface area contributed by atoms with Crippen molar-refractivity contribution in [1.29, 1.82) is 0 Å². The Kier molecular flexibility index (Phi) is 6.01. The molecule has 0 radical (unpaired) electrons. The molecule has 92 valence electrons. The quantitative estimate of drug-likeness (QED) is 0.344. The van der Waals surface area contributed by atoms with Crippen LogP contribution in [0.1, 0.15) is 12.8 Å². The SMILES string of the molecule is N[C@H](C(=O)O)C(S)C(=O)[C@@H](N)CCC(=O)O. The molecule has 0 aromatic heterocycles. The molecule has 0 aliphatic heterocycles. The van der Waals surface area contributed by atoms with E-state index in [0.29, 0.717) is 0 Å². The minimum Gasteiger partial charge on any atom is -0.481 e. The maximum atomic E-state index is 11.5. The monoisotopic (exact) mass is 250 g/mol.